The van der Waals surface area contributed by atoms with E-state index in [2.05, 4.69) is 26.2 Å². The van der Waals surface area contributed by atoms with E-state index in [-0.39, 0.29) is 18.7 Å². The number of nitrogens with zero attached hydrogens (tertiary/aromatic N) is 1. The van der Waals surface area contributed by atoms with Gasteiger partial charge in [0.1, 0.15) is 0 Å². The van der Waals surface area contributed by atoms with E-state index in [1.54, 1.807) is 30.3 Å². The second-order valence-electron chi connectivity index (χ2n) is 7.30. The van der Waals surface area contributed by atoms with Crippen LogP contribution in [0.5, 0.6) is 0 Å². The first-order valence-corrected chi connectivity index (χ1v) is 10.2. The summed E-state index contributed by atoms with van der Waals surface area (Å²) in [6.07, 6.45) is 1.20. The largest absolute Gasteiger partial charge is 0.481 e. The van der Waals surface area contributed by atoms with E-state index in [0.717, 1.165) is 10.0 Å². The molecule has 0 aliphatic carbocycles. The third kappa shape index (κ3) is 3.93. The zero-order valence-corrected chi connectivity index (χ0v) is 17.4. The predicted octanol–water partition coefficient (Wildman–Crippen LogP) is 2.60. The van der Waals surface area contributed by atoms with Crippen LogP contribution in [-0.4, -0.2) is 26.5 Å². The number of carbonyl (C=O) groups excluding carboxylic acids is 1. The van der Waals surface area contributed by atoms with E-state index >= 15 is 0 Å². The zero-order valence-electron chi connectivity index (χ0n) is 15.8. The number of amides is 1. The number of anilines is 1. The van der Waals surface area contributed by atoms with Gasteiger partial charge in [0.15, 0.2) is 0 Å². The molecule has 1 atom stereocenters. The standard InChI is InChI=1S/C21H18BrN3O5/c22-13-8-12-3-6-15(25-19(12)16(9-13)24-20(29)21(25)30)10-17(26)23-14-4-1-11(2-5-14)7-18(27)28/h1-2,4-5,8-9,15H,3,6-7,10H2,(H,23,26)(H,24,29)(H,27,28). The van der Waals surface area contributed by atoms with Gasteiger partial charge < -0.3 is 15.4 Å². The molecule has 0 fully saturated rings. The molecule has 1 unspecified atom stereocenters. The minimum atomic E-state index is -0.925. The number of halogens is 1. The molecular formula is C21H18BrN3O5. The maximum atomic E-state index is 12.6. The highest BCUT2D eigenvalue weighted by molar-refractivity contribution is 9.10. The van der Waals surface area contributed by atoms with Crippen LogP contribution in [-0.2, 0) is 22.4 Å². The van der Waals surface area contributed by atoms with Gasteiger partial charge in [-0.05, 0) is 48.2 Å². The van der Waals surface area contributed by atoms with Gasteiger partial charge in [0.05, 0.1) is 17.5 Å². The van der Waals surface area contributed by atoms with Gasteiger partial charge >= 0.3 is 17.1 Å². The number of aliphatic carboxylic acids is 1. The summed E-state index contributed by atoms with van der Waals surface area (Å²) in [4.78, 5) is 50.7. The molecule has 30 heavy (non-hydrogen) atoms. The second kappa shape index (κ2) is 7.91. The molecule has 1 aliphatic rings. The number of carboxylic acid groups (broad SMARTS) is 1. The first-order valence-electron chi connectivity index (χ1n) is 9.39. The van der Waals surface area contributed by atoms with Crippen LogP contribution in [0.4, 0.5) is 5.69 Å². The summed E-state index contributed by atoms with van der Waals surface area (Å²) in [5.41, 5.74) is 1.95. The molecule has 3 N–H and O–H groups in total. The fourth-order valence-electron chi connectivity index (χ4n) is 3.91. The van der Waals surface area contributed by atoms with Crippen molar-refractivity contribution >= 4 is 44.5 Å². The highest BCUT2D eigenvalue weighted by Gasteiger charge is 2.26. The lowest BCUT2D eigenvalue weighted by Crippen LogP contribution is -2.41. The first kappa shape index (κ1) is 20.1. The Balaban J connectivity index is 1.59. The van der Waals surface area contributed by atoms with E-state index in [0.29, 0.717) is 35.1 Å². The van der Waals surface area contributed by atoms with Crippen LogP contribution in [0.15, 0.2) is 50.5 Å². The van der Waals surface area contributed by atoms with E-state index < -0.39 is 23.1 Å². The van der Waals surface area contributed by atoms with Crippen LogP contribution < -0.4 is 16.4 Å². The van der Waals surface area contributed by atoms with Gasteiger partial charge in [-0.2, -0.15) is 0 Å². The van der Waals surface area contributed by atoms with Gasteiger partial charge in [-0.3, -0.25) is 23.7 Å². The molecule has 1 aliphatic heterocycles. The Bertz CT molecular complexity index is 1280. The molecule has 3 aromatic rings. The molecule has 0 radical (unpaired) electrons. The molecule has 1 aromatic heterocycles. The van der Waals surface area contributed by atoms with Crippen LogP contribution in [0.3, 0.4) is 0 Å². The summed E-state index contributed by atoms with van der Waals surface area (Å²) < 4.78 is 2.25. The van der Waals surface area contributed by atoms with Gasteiger partial charge in [0.25, 0.3) is 0 Å². The first-order chi connectivity index (χ1) is 14.3. The number of hydrogen-bond donors (Lipinski definition) is 3. The molecule has 154 valence electrons. The molecular weight excluding hydrogens is 454 g/mol. The number of aromatic amines is 1. The highest BCUT2D eigenvalue weighted by Crippen LogP contribution is 2.32. The fourth-order valence-corrected chi connectivity index (χ4v) is 4.42. The number of H-pyrrole nitrogens is 1. The molecule has 8 nitrogen and oxygen atoms in total. The van der Waals surface area contributed by atoms with E-state index in [4.69, 9.17) is 5.11 Å². The SMILES string of the molecule is O=C(O)Cc1ccc(NC(=O)CC2CCc3cc(Br)cc4[nH]c(=O)c(=O)n2c34)cc1. The number of benzene rings is 2. The number of carboxylic acids is 1. The van der Waals surface area contributed by atoms with Crippen molar-refractivity contribution in [3.05, 3.63) is 72.7 Å². The number of hydrogen-bond acceptors (Lipinski definition) is 4. The minimum Gasteiger partial charge on any atom is -0.481 e. The molecule has 1 amide bonds. The number of aryl methyl sites for hydroxylation is 1. The smallest absolute Gasteiger partial charge is 0.317 e. The topological polar surface area (TPSA) is 121 Å². The normalized spacial score (nSPS) is 15.2. The van der Waals surface area contributed by atoms with E-state index in [9.17, 15) is 19.2 Å². The molecule has 0 spiro atoms. The van der Waals surface area contributed by atoms with Crippen molar-refractivity contribution in [1.29, 1.82) is 0 Å². The van der Waals surface area contributed by atoms with Gasteiger partial charge in [-0.15, -0.1) is 0 Å². The minimum absolute atomic E-state index is 0.0465. The van der Waals surface area contributed by atoms with Crippen LogP contribution in [0.1, 0.15) is 30.0 Å². The second-order valence-corrected chi connectivity index (χ2v) is 8.22. The van der Waals surface area contributed by atoms with Crippen molar-refractivity contribution in [3.8, 4) is 0 Å². The molecule has 2 aromatic carbocycles. The lowest BCUT2D eigenvalue weighted by Gasteiger charge is -2.27. The van der Waals surface area contributed by atoms with Crippen LogP contribution >= 0.6 is 15.9 Å². The summed E-state index contributed by atoms with van der Waals surface area (Å²) in [6.45, 7) is 0. The Hall–Kier alpha value is -3.20. The number of rotatable bonds is 5. The molecule has 2 heterocycles. The Morgan fingerprint density at radius 3 is 2.63 bits per heavy atom. The Labute approximate surface area is 178 Å². The highest BCUT2D eigenvalue weighted by atomic mass is 79.9. The van der Waals surface area contributed by atoms with Crippen LogP contribution in [0, 0.1) is 0 Å². The van der Waals surface area contributed by atoms with Gasteiger partial charge in [0, 0.05) is 22.6 Å². The number of nitrogens with one attached hydrogen (secondary N) is 2. The lowest BCUT2D eigenvalue weighted by molar-refractivity contribution is -0.136. The fraction of sp³-hybridized carbons (Fsp3) is 0.238. The lowest BCUT2D eigenvalue weighted by atomic mass is 9.96. The van der Waals surface area contributed by atoms with Crippen molar-refractivity contribution in [2.45, 2.75) is 31.7 Å². The maximum absolute atomic E-state index is 12.6. The summed E-state index contributed by atoms with van der Waals surface area (Å²) >= 11 is 3.42. The number of carbonyl (C=O) groups is 2. The molecule has 0 saturated heterocycles. The van der Waals surface area contributed by atoms with Gasteiger partial charge in [0.2, 0.25) is 5.91 Å². The quantitative estimate of drug-likeness (QED) is 0.493. The monoisotopic (exact) mass is 471 g/mol. The van der Waals surface area contributed by atoms with Crippen molar-refractivity contribution in [2.24, 2.45) is 0 Å². The van der Waals surface area contributed by atoms with Crippen LogP contribution in [0.2, 0.25) is 0 Å². The molecule has 9 heteroatoms. The van der Waals surface area contributed by atoms with Crippen molar-refractivity contribution in [3.63, 3.8) is 0 Å². The van der Waals surface area contributed by atoms with E-state index in [1.807, 2.05) is 6.07 Å². The summed E-state index contributed by atoms with van der Waals surface area (Å²) in [6, 6.07) is 9.81. The maximum Gasteiger partial charge on any atom is 0.317 e. The summed E-state index contributed by atoms with van der Waals surface area (Å²) in [5, 5.41) is 11.6. The van der Waals surface area contributed by atoms with Crippen molar-refractivity contribution in [2.75, 3.05) is 5.32 Å². The Morgan fingerprint density at radius 1 is 1.20 bits per heavy atom. The predicted molar refractivity (Wildman–Crippen MR) is 115 cm³/mol. The average Bonchev–Trinajstić information content (AvgIpc) is 2.67. The van der Waals surface area contributed by atoms with Crippen molar-refractivity contribution < 1.29 is 14.7 Å². The third-order valence-electron chi connectivity index (χ3n) is 5.18. The molecule has 4 rings (SSSR count). The zero-order chi connectivity index (χ0) is 21.4. The van der Waals surface area contributed by atoms with Gasteiger partial charge in [-0.1, -0.05) is 28.1 Å². The van der Waals surface area contributed by atoms with E-state index in [1.165, 1.54) is 4.57 Å². The average molecular weight is 472 g/mol. The number of aromatic nitrogens is 2. The van der Waals surface area contributed by atoms with Gasteiger partial charge in [-0.25, -0.2) is 0 Å². The van der Waals surface area contributed by atoms with Crippen LogP contribution in [0.25, 0.3) is 11.0 Å². The molecule has 0 bridgehead atoms. The molecule has 0 saturated carbocycles. The summed E-state index contributed by atoms with van der Waals surface area (Å²) in [7, 11) is 0. The third-order valence-corrected chi connectivity index (χ3v) is 5.64. The Kier molecular flexibility index (Phi) is 5.29. The summed E-state index contributed by atoms with van der Waals surface area (Å²) in [5.74, 6) is -1.21. The Morgan fingerprint density at radius 2 is 1.93 bits per heavy atom. The van der Waals surface area contributed by atoms with Crippen molar-refractivity contribution in [1.82, 2.24) is 9.55 Å².